The first-order valence-corrected chi connectivity index (χ1v) is 6.86. The molecule has 0 unspecified atom stereocenters. The molecule has 7 heteroatoms. The number of carboxylic acid groups (broad SMARTS) is 1. The van der Waals surface area contributed by atoms with Crippen molar-refractivity contribution < 1.29 is 19.1 Å². The van der Waals surface area contributed by atoms with E-state index in [1.54, 1.807) is 0 Å². The van der Waals surface area contributed by atoms with Crippen LogP contribution in [-0.2, 0) is 0 Å². The number of aromatic nitrogens is 1. The Morgan fingerprint density at radius 2 is 2.00 bits per heavy atom. The maximum absolute atomic E-state index is 12.0. The van der Waals surface area contributed by atoms with E-state index in [-0.39, 0.29) is 11.5 Å². The second kappa shape index (κ2) is 5.02. The molecule has 2 heterocycles. The van der Waals surface area contributed by atoms with Gasteiger partial charge in [-0.25, -0.2) is 9.78 Å². The highest BCUT2D eigenvalue weighted by atomic mass is 32.1. The molecule has 21 heavy (non-hydrogen) atoms. The van der Waals surface area contributed by atoms with Crippen molar-refractivity contribution in [1.29, 1.82) is 0 Å². The molecular formula is C14H10N2O4S. The van der Waals surface area contributed by atoms with Crippen molar-refractivity contribution >= 4 is 38.6 Å². The summed E-state index contributed by atoms with van der Waals surface area (Å²) < 4.78 is 5.91. The van der Waals surface area contributed by atoms with Gasteiger partial charge >= 0.3 is 5.97 Å². The maximum Gasteiger partial charge on any atom is 0.371 e. The molecule has 0 aliphatic heterocycles. The van der Waals surface area contributed by atoms with Gasteiger partial charge < -0.3 is 9.52 Å². The van der Waals surface area contributed by atoms with Crippen LogP contribution in [0.4, 0.5) is 5.13 Å². The van der Waals surface area contributed by atoms with Crippen LogP contribution < -0.4 is 5.32 Å². The van der Waals surface area contributed by atoms with Gasteiger partial charge in [0, 0.05) is 0 Å². The summed E-state index contributed by atoms with van der Waals surface area (Å²) in [7, 11) is 0. The Hall–Kier alpha value is -2.67. The zero-order valence-corrected chi connectivity index (χ0v) is 11.7. The molecular weight excluding hydrogens is 292 g/mol. The van der Waals surface area contributed by atoms with Gasteiger partial charge in [0.1, 0.15) is 0 Å². The number of aromatic carboxylic acids is 1. The third-order valence-corrected chi connectivity index (χ3v) is 3.74. The quantitative estimate of drug-likeness (QED) is 0.775. The predicted octanol–water partition coefficient (Wildman–Crippen LogP) is 3.15. The molecule has 1 amide bonds. The minimum Gasteiger partial charge on any atom is -0.475 e. The van der Waals surface area contributed by atoms with Crippen LogP contribution >= 0.6 is 11.3 Å². The van der Waals surface area contributed by atoms with Gasteiger partial charge in [0.2, 0.25) is 5.76 Å². The summed E-state index contributed by atoms with van der Waals surface area (Å²) in [5.74, 6) is -2.09. The standard InChI is InChI=1S/C14H10N2O4S/c1-7-2-3-8-11(6-7)21-14(15-8)16-12(17)9-4-5-10(20-9)13(18)19/h2-6H,1H3,(H,18,19)(H,15,16,17). The van der Waals surface area contributed by atoms with Gasteiger partial charge in [-0.15, -0.1) is 0 Å². The lowest BCUT2D eigenvalue weighted by atomic mass is 10.2. The van der Waals surface area contributed by atoms with Gasteiger partial charge in [0.25, 0.3) is 5.91 Å². The largest absolute Gasteiger partial charge is 0.475 e. The number of hydrogen-bond acceptors (Lipinski definition) is 5. The van der Waals surface area contributed by atoms with Crippen molar-refractivity contribution in [3.05, 3.63) is 47.4 Å². The van der Waals surface area contributed by atoms with Gasteiger partial charge in [-0.2, -0.15) is 0 Å². The van der Waals surface area contributed by atoms with Crippen LogP contribution in [0.2, 0.25) is 0 Å². The first-order valence-electron chi connectivity index (χ1n) is 6.04. The molecule has 2 N–H and O–H groups in total. The molecule has 0 radical (unpaired) electrons. The van der Waals surface area contributed by atoms with Crippen LogP contribution in [0.5, 0.6) is 0 Å². The average molecular weight is 302 g/mol. The minimum atomic E-state index is -1.22. The highest BCUT2D eigenvalue weighted by molar-refractivity contribution is 7.22. The summed E-state index contributed by atoms with van der Waals surface area (Å²) in [4.78, 5) is 27.0. The van der Waals surface area contributed by atoms with E-state index in [0.717, 1.165) is 15.8 Å². The van der Waals surface area contributed by atoms with Crippen LogP contribution in [0.15, 0.2) is 34.7 Å². The summed E-state index contributed by atoms with van der Waals surface area (Å²) in [5.41, 5.74) is 1.91. The molecule has 106 valence electrons. The topological polar surface area (TPSA) is 92.4 Å². The first-order chi connectivity index (χ1) is 10.0. The number of anilines is 1. The minimum absolute atomic E-state index is 0.0668. The van der Waals surface area contributed by atoms with Crippen molar-refractivity contribution in [2.45, 2.75) is 6.92 Å². The van der Waals surface area contributed by atoms with Crippen LogP contribution in [0.25, 0.3) is 10.2 Å². The molecule has 0 aliphatic carbocycles. The molecule has 0 fully saturated rings. The van der Waals surface area contributed by atoms with E-state index in [9.17, 15) is 9.59 Å². The molecule has 6 nitrogen and oxygen atoms in total. The van der Waals surface area contributed by atoms with E-state index < -0.39 is 11.9 Å². The number of aryl methyl sites for hydroxylation is 1. The Morgan fingerprint density at radius 1 is 1.24 bits per heavy atom. The first kappa shape index (κ1) is 13.3. The Bertz CT molecular complexity index is 850. The lowest BCUT2D eigenvalue weighted by Gasteiger charge is -1.96. The average Bonchev–Trinajstić information content (AvgIpc) is 3.03. The SMILES string of the molecule is Cc1ccc2nc(NC(=O)c3ccc(C(=O)O)o3)sc2c1. The van der Waals surface area contributed by atoms with E-state index in [1.807, 2.05) is 25.1 Å². The predicted molar refractivity (Wildman–Crippen MR) is 78.0 cm³/mol. The fourth-order valence-electron chi connectivity index (χ4n) is 1.82. The zero-order chi connectivity index (χ0) is 15.0. The Labute approximate surface area is 123 Å². The summed E-state index contributed by atoms with van der Waals surface area (Å²) >= 11 is 1.35. The lowest BCUT2D eigenvalue weighted by Crippen LogP contribution is -2.10. The van der Waals surface area contributed by atoms with Crippen LogP contribution in [0.1, 0.15) is 26.7 Å². The van der Waals surface area contributed by atoms with Crippen LogP contribution in [0, 0.1) is 6.92 Å². The summed E-state index contributed by atoms with van der Waals surface area (Å²) in [6, 6.07) is 8.36. The molecule has 2 aromatic heterocycles. The van der Waals surface area contributed by atoms with Crippen molar-refractivity contribution in [3.63, 3.8) is 0 Å². The van der Waals surface area contributed by atoms with Gasteiger partial charge in [-0.05, 0) is 36.8 Å². The van der Waals surface area contributed by atoms with E-state index in [2.05, 4.69) is 10.3 Å². The molecule has 0 spiro atoms. The normalized spacial score (nSPS) is 10.7. The number of nitrogens with zero attached hydrogens (tertiary/aromatic N) is 1. The zero-order valence-electron chi connectivity index (χ0n) is 10.9. The number of carboxylic acids is 1. The number of furan rings is 1. The number of fused-ring (bicyclic) bond motifs is 1. The number of carbonyl (C=O) groups excluding carboxylic acids is 1. The van der Waals surface area contributed by atoms with Gasteiger partial charge in [0.15, 0.2) is 10.9 Å². The summed E-state index contributed by atoms with van der Waals surface area (Å²) in [6.07, 6.45) is 0. The molecule has 0 atom stereocenters. The highest BCUT2D eigenvalue weighted by Crippen LogP contribution is 2.27. The number of amides is 1. The number of rotatable bonds is 3. The Morgan fingerprint density at radius 3 is 2.71 bits per heavy atom. The molecule has 0 saturated carbocycles. The maximum atomic E-state index is 12.0. The molecule has 3 rings (SSSR count). The molecule has 0 saturated heterocycles. The van der Waals surface area contributed by atoms with E-state index in [4.69, 9.17) is 9.52 Å². The summed E-state index contributed by atoms with van der Waals surface area (Å²) in [6.45, 7) is 1.98. The second-order valence-electron chi connectivity index (χ2n) is 4.41. The fourth-order valence-corrected chi connectivity index (χ4v) is 2.78. The number of nitrogens with one attached hydrogen (secondary N) is 1. The molecule has 0 bridgehead atoms. The highest BCUT2D eigenvalue weighted by Gasteiger charge is 2.16. The van der Waals surface area contributed by atoms with Crippen LogP contribution in [-0.4, -0.2) is 22.0 Å². The molecule has 1 aromatic carbocycles. The van der Waals surface area contributed by atoms with E-state index >= 15 is 0 Å². The van der Waals surface area contributed by atoms with E-state index in [1.165, 1.54) is 23.5 Å². The van der Waals surface area contributed by atoms with Crippen LogP contribution in [0.3, 0.4) is 0 Å². The van der Waals surface area contributed by atoms with Crippen molar-refractivity contribution in [2.75, 3.05) is 5.32 Å². The van der Waals surface area contributed by atoms with Crippen molar-refractivity contribution in [3.8, 4) is 0 Å². The van der Waals surface area contributed by atoms with Crippen molar-refractivity contribution in [2.24, 2.45) is 0 Å². The van der Waals surface area contributed by atoms with Crippen molar-refractivity contribution in [1.82, 2.24) is 4.98 Å². The number of carbonyl (C=O) groups is 2. The number of thiazole rings is 1. The van der Waals surface area contributed by atoms with Gasteiger partial charge in [-0.3, -0.25) is 10.1 Å². The number of benzene rings is 1. The molecule has 3 aromatic rings. The second-order valence-corrected chi connectivity index (χ2v) is 5.44. The summed E-state index contributed by atoms with van der Waals surface area (Å²) in [5, 5.41) is 11.8. The Balaban J connectivity index is 1.83. The number of hydrogen-bond donors (Lipinski definition) is 2. The smallest absolute Gasteiger partial charge is 0.371 e. The van der Waals surface area contributed by atoms with E-state index in [0.29, 0.717) is 5.13 Å². The Kier molecular flexibility index (Phi) is 3.19. The fraction of sp³-hybridized carbons (Fsp3) is 0.0714. The third kappa shape index (κ3) is 2.63. The third-order valence-electron chi connectivity index (χ3n) is 2.80. The monoisotopic (exact) mass is 302 g/mol. The molecule has 0 aliphatic rings. The lowest BCUT2D eigenvalue weighted by molar-refractivity contribution is 0.0660. The van der Waals surface area contributed by atoms with Gasteiger partial charge in [0.05, 0.1) is 10.2 Å². The van der Waals surface area contributed by atoms with Gasteiger partial charge in [-0.1, -0.05) is 17.4 Å².